The number of aryl methyl sites for hydroxylation is 1. The molecule has 17 heavy (non-hydrogen) atoms. The molecule has 0 bridgehead atoms. The summed E-state index contributed by atoms with van der Waals surface area (Å²) in [6.07, 6.45) is 0. The normalized spacial score (nSPS) is 10.5. The zero-order valence-corrected chi connectivity index (χ0v) is 11.2. The number of halogens is 1. The van der Waals surface area contributed by atoms with Crippen molar-refractivity contribution in [1.29, 1.82) is 0 Å². The van der Waals surface area contributed by atoms with Crippen molar-refractivity contribution in [2.24, 2.45) is 5.73 Å². The maximum absolute atomic E-state index is 6.14. The Morgan fingerprint density at radius 2 is 1.76 bits per heavy atom. The van der Waals surface area contributed by atoms with Gasteiger partial charge < -0.3 is 5.73 Å². The summed E-state index contributed by atoms with van der Waals surface area (Å²) in [4.78, 5) is 2.37. The van der Waals surface area contributed by atoms with Crippen molar-refractivity contribution in [3.63, 3.8) is 0 Å². The molecule has 0 atom stereocenters. The molecule has 0 spiro atoms. The Bertz CT molecular complexity index is 525. The molecule has 2 rings (SSSR count). The molecule has 0 saturated heterocycles. The van der Waals surface area contributed by atoms with E-state index < -0.39 is 0 Å². The third-order valence-corrected chi connectivity index (χ3v) is 4.23. The van der Waals surface area contributed by atoms with Crippen molar-refractivity contribution in [1.82, 2.24) is 0 Å². The number of benzene rings is 2. The fourth-order valence-electron chi connectivity index (χ4n) is 1.62. The van der Waals surface area contributed by atoms with E-state index in [0.29, 0.717) is 6.54 Å². The number of nitrogens with two attached hydrogens (primary N) is 1. The van der Waals surface area contributed by atoms with E-state index in [-0.39, 0.29) is 0 Å². The van der Waals surface area contributed by atoms with Crippen LogP contribution in [-0.4, -0.2) is 0 Å². The van der Waals surface area contributed by atoms with E-state index in [4.69, 9.17) is 17.3 Å². The van der Waals surface area contributed by atoms with E-state index in [0.717, 1.165) is 15.5 Å². The number of rotatable bonds is 3. The summed E-state index contributed by atoms with van der Waals surface area (Å²) in [5.41, 5.74) is 8.03. The van der Waals surface area contributed by atoms with Crippen LogP contribution in [0.4, 0.5) is 0 Å². The summed E-state index contributed by atoms with van der Waals surface area (Å²) in [5.74, 6) is 0. The van der Waals surface area contributed by atoms with Gasteiger partial charge in [0.1, 0.15) is 0 Å². The van der Waals surface area contributed by atoms with Gasteiger partial charge in [0.2, 0.25) is 0 Å². The first-order valence-corrected chi connectivity index (χ1v) is 6.62. The molecule has 0 amide bonds. The summed E-state index contributed by atoms with van der Waals surface area (Å²) in [5, 5.41) is 0.742. The predicted octanol–water partition coefficient (Wildman–Crippen LogP) is 4.26. The molecule has 3 heteroatoms. The maximum atomic E-state index is 6.14. The summed E-state index contributed by atoms with van der Waals surface area (Å²) in [6, 6.07) is 14.2. The van der Waals surface area contributed by atoms with Crippen molar-refractivity contribution in [2.75, 3.05) is 0 Å². The van der Waals surface area contributed by atoms with Crippen LogP contribution in [0.25, 0.3) is 0 Å². The zero-order valence-electron chi connectivity index (χ0n) is 9.61. The van der Waals surface area contributed by atoms with Crippen LogP contribution in [0.15, 0.2) is 52.3 Å². The molecule has 88 valence electrons. The Morgan fingerprint density at radius 1 is 1.06 bits per heavy atom. The molecule has 0 aromatic heterocycles. The fraction of sp³-hybridized carbons (Fsp3) is 0.143. The lowest BCUT2D eigenvalue weighted by Crippen LogP contribution is -1.99. The molecular weight excluding hydrogens is 250 g/mol. The van der Waals surface area contributed by atoms with Crippen LogP contribution in [0.5, 0.6) is 0 Å². The minimum atomic E-state index is 0.466. The lowest BCUT2D eigenvalue weighted by atomic mass is 10.2. The first kappa shape index (κ1) is 12.5. The summed E-state index contributed by atoms with van der Waals surface area (Å²) in [6.45, 7) is 2.57. The maximum Gasteiger partial charge on any atom is 0.0462 e. The molecule has 0 heterocycles. The van der Waals surface area contributed by atoms with Gasteiger partial charge in [0.05, 0.1) is 0 Å². The van der Waals surface area contributed by atoms with Crippen LogP contribution < -0.4 is 5.73 Å². The molecule has 0 radical (unpaired) electrons. The first-order chi connectivity index (χ1) is 8.22. The molecule has 2 aromatic carbocycles. The Hall–Kier alpha value is -0.960. The molecule has 0 unspecified atom stereocenters. The summed E-state index contributed by atoms with van der Waals surface area (Å²) < 4.78 is 0. The van der Waals surface area contributed by atoms with Gasteiger partial charge in [-0.3, -0.25) is 0 Å². The van der Waals surface area contributed by atoms with E-state index in [1.807, 2.05) is 24.3 Å². The second-order valence-corrected chi connectivity index (χ2v) is 5.28. The Labute approximate surface area is 111 Å². The van der Waals surface area contributed by atoms with Gasteiger partial charge in [-0.1, -0.05) is 47.6 Å². The molecule has 0 aliphatic heterocycles. The first-order valence-electron chi connectivity index (χ1n) is 5.43. The van der Waals surface area contributed by atoms with Gasteiger partial charge in [0, 0.05) is 21.4 Å². The van der Waals surface area contributed by atoms with Gasteiger partial charge in [-0.25, -0.2) is 0 Å². The number of hydrogen-bond acceptors (Lipinski definition) is 2. The molecule has 0 fully saturated rings. The van der Waals surface area contributed by atoms with Gasteiger partial charge in [-0.2, -0.15) is 0 Å². The second-order valence-electron chi connectivity index (χ2n) is 3.79. The van der Waals surface area contributed by atoms with Crippen LogP contribution in [0, 0.1) is 6.92 Å². The predicted molar refractivity (Wildman–Crippen MR) is 74.6 cm³/mol. The van der Waals surface area contributed by atoms with Crippen molar-refractivity contribution in [2.45, 2.75) is 23.3 Å². The Morgan fingerprint density at radius 3 is 2.47 bits per heavy atom. The molecule has 0 aliphatic carbocycles. The van der Waals surface area contributed by atoms with Gasteiger partial charge in [0.25, 0.3) is 0 Å². The third-order valence-electron chi connectivity index (χ3n) is 2.59. The molecule has 1 nitrogen and oxygen atoms in total. The molecule has 2 aromatic rings. The number of hydrogen-bond donors (Lipinski definition) is 1. The Balaban J connectivity index is 2.37. The van der Waals surface area contributed by atoms with Crippen molar-refractivity contribution < 1.29 is 0 Å². The average Bonchev–Trinajstić information content (AvgIpc) is 2.32. The second kappa shape index (κ2) is 5.58. The minimum absolute atomic E-state index is 0.466. The minimum Gasteiger partial charge on any atom is -0.326 e. The van der Waals surface area contributed by atoms with Crippen LogP contribution in [0.3, 0.4) is 0 Å². The molecule has 0 aliphatic rings. The SMILES string of the molecule is Cc1ccccc1Sc1cccc(Cl)c1CN. The average molecular weight is 264 g/mol. The smallest absolute Gasteiger partial charge is 0.0462 e. The zero-order chi connectivity index (χ0) is 12.3. The quantitative estimate of drug-likeness (QED) is 0.896. The fourth-order valence-corrected chi connectivity index (χ4v) is 3.01. The third kappa shape index (κ3) is 2.83. The Kier molecular flexibility index (Phi) is 4.11. The van der Waals surface area contributed by atoms with E-state index in [9.17, 15) is 0 Å². The van der Waals surface area contributed by atoms with Gasteiger partial charge in [-0.15, -0.1) is 0 Å². The lowest BCUT2D eigenvalue weighted by molar-refractivity contribution is 1.03. The van der Waals surface area contributed by atoms with Crippen molar-refractivity contribution in [3.05, 3.63) is 58.6 Å². The highest BCUT2D eigenvalue weighted by atomic mass is 35.5. The van der Waals surface area contributed by atoms with Crippen LogP contribution >= 0.6 is 23.4 Å². The highest BCUT2D eigenvalue weighted by Gasteiger charge is 2.07. The summed E-state index contributed by atoms with van der Waals surface area (Å²) in [7, 11) is 0. The molecule has 0 saturated carbocycles. The van der Waals surface area contributed by atoms with E-state index in [2.05, 4.69) is 25.1 Å². The monoisotopic (exact) mass is 263 g/mol. The topological polar surface area (TPSA) is 26.0 Å². The van der Waals surface area contributed by atoms with E-state index in [1.165, 1.54) is 10.5 Å². The van der Waals surface area contributed by atoms with Gasteiger partial charge in [0.15, 0.2) is 0 Å². The van der Waals surface area contributed by atoms with Crippen molar-refractivity contribution >= 4 is 23.4 Å². The molecule has 2 N–H and O–H groups in total. The highest BCUT2D eigenvalue weighted by Crippen LogP contribution is 2.34. The van der Waals surface area contributed by atoms with Crippen LogP contribution in [0.2, 0.25) is 5.02 Å². The summed E-state index contributed by atoms with van der Waals surface area (Å²) >= 11 is 7.86. The standard InChI is InChI=1S/C14H14ClNS/c1-10-5-2-3-7-13(10)17-14-8-4-6-12(15)11(14)9-16/h2-8H,9,16H2,1H3. The van der Waals surface area contributed by atoms with Gasteiger partial charge in [-0.05, 0) is 36.2 Å². The van der Waals surface area contributed by atoms with E-state index >= 15 is 0 Å². The molecular formula is C14H14ClNS. The lowest BCUT2D eigenvalue weighted by Gasteiger charge is -2.10. The van der Waals surface area contributed by atoms with Crippen molar-refractivity contribution in [3.8, 4) is 0 Å². The highest BCUT2D eigenvalue weighted by molar-refractivity contribution is 7.99. The van der Waals surface area contributed by atoms with E-state index in [1.54, 1.807) is 11.8 Å². The van der Waals surface area contributed by atoms with Crippen LogP contribution in [-0.2, 0) is 6.54 Å². The van der Waals surface area contributed by atoms with Gasteiger partial charge >= 0.3 is 0 Å². The van der Waals surface area contributed by atoms with Crippen LogP contribution in [0.1, 0.15) is 11.1 Å². The largest absolute Gasteiger partial charge is 0.326 e.